The molecule has 8 bridgehead atoms. The van der Waals surface area contributed by atoms with Gasteiger partial charge in [0.15, 0.2) is 6.23 Å². The maximum Gasteiger partial charge on any atom is 0.268 e. The number of aliphatic hydroxyl groups is 1. The molecular formula is C61H86CoN13O18P2-5. The number of nitrogens with zero attached hydrogens (tertiary/aromatic N) is 6. The van der Waals surface area contributed by atoms with Crippen LogP contribution in [0, 0.1) is 52.8 Å². The van der Waals surface area contributed by atoms with Gasteiger partial charge in [0.2, 0.25) is 41.4 Å². The summed E-state index contributed by atoms with van der Waals surface area (Å²) in [5, 5.41) is 29.7. The molecule has 527 valence electrons. The number of hydrogen-bond acceptors (Lipinski definition) is 22. The number of carbonyl (C=O) groups excluding carboxylic acids is 7. The Labute approximate surface area is 560 Å². The molecule has 15 atom stereocenters. The number of rotatable bonds is 28. The van der Waals surface area contributed by atoms with Crippen molar-refractivity contribution < 1.29 is 103 Å². The number of aliphatic hydroxyl groups excluding tert-OH is 1. The van der Waals surface area contributed by atoms with E-state index in [4.69, 9.17) is 68.5 Å². The fourth-order valence-corrected chi connectivity index (χ4v) is 16.7. The van der Waals surface area contributed by atoms with Crippen LogP contribution < -0.4 is 54.4 Å². The van der Waals surface area contributed by atoms with Gasteiger partial charge in [-0.3, -0.25) is 53.1 Å². The predicted molar refractivity (Wildman–Crippen MR) is 337 cm³/mol. The van der Waals surface area contributed by atoms with Gasteiger partial charge in [0, 0.05) is 131 Å². The van der Waals surface area contributed by atoms with E-state index in [-0.39, 0.29) is 112 Å². The quantitative estimate of drug-likeness (QED) is 0.0432. The van der Waals surface area contributed by atoms with Gasteiger partial charge in [-0.05, 0) is 94.1 Å². The number of ether oxygens (including phenoxy) is 1. The number of nitrogens with two attached hydrogens (primary N) is 6. The molecule has 95 heavy (non-hydrogen) atoms. The van der Waals surface area contributed by atoms with E-state index in [1.807, 2.05) is 20.8 Å². The summed E-state index contributed by atoms with van der Waals surface area (Å²) in [6.07, 6.45) is -6.99. The van der Waals surface area contributed by atoms with Crippen LogP contribution in [-0.4, -0.2) is 127 Å². The van der Waals surface area contributed by atoms with Gasteiger partial charge in [0.1, 0.15) is 24.1 Å². The molecule has 31 nitrogen and oxygen atoms in total. The number of aromatic nitrogens is 2. The number of imidazole rings is 1. The van der Waals surface area contributed by atoms with Gasteiger partial charge in [-0.1, -0.05) is 40.7 Å². The van der Waals surface area contributed by atoms with Gasteiger partial charge < -0.3 is 105 Å². The van der Waals surface area contributed by atoms with E-state index in [1.54, 1.807) is 40.7 Å². The summed E-state index contributed by atoms with van der Waals surface area (Å²) in [6, 6.07) is 2.92. The van der Waals surface area contributed by atoms with Crippen LogP contribution in [0.2, 0.25) is 0 Å². The molecule has 1 unspecified atom stereocenters. The number of phenolic OH excluding ortho intramolecular Hbond substituents is 1. The number of phosphoric ester groups is 2. The van der Waals surface area contributed by atoms with Crippen molar-refractivity contribution in [1.82, 2.24) is 14.9 Å². The minimum atomic E-state index is -5.68. The van der Waals surface area contributed by atoms with E-state index in [0.29, 0.717) is 45.4 Å². The Morgan fingerprint density at radius 2 is 1.40 bits per heavy atom. The summed E-state index contributed by atoms with van der Waals surface area (Å²) >= 11 is 0. The van der Waals surface area contributed by atoms with Crippen molar-refractivity contribution in [3.8, 4) is 5.75 Å². The molecule has 0 spiro atoms. The van der Waals surface area contributed by atoms with Crippen molar-refractivity contribution in [2.24, 2.45) is 94.7 Å². The molecule has 15 N–H and O–H groups in total. The largest absolute Gasteiger partial charge is 0.790 e. The van der Waals surface area contributed by atoms with E-state index in [2.05, 4.69) is 14.8 Å². The molecule has 1 aromatic heterocycles. The number of aromatic hydroxyl groups is 1. The number of nitrogens with one attached hydrogen (secondary N) is 1. The van der Waals surface area contributed by atoms with Gasteiger partial charge in [-0.15, -0.1) is 0 Å². The summed E-state index contributed by atoms with van der Waals surface area (Å²) in [5.74, 6) is -7.96. The van der Waals surface area contributed by atoms with Crippen LogP contribution in [0.5, 0.6) is 5.75 Å². The monoisotopic (exact) mass is 1410 g/mol. The summed E-state index contributed by atoms with van der Waals surface area (Å²) in [4.78, 5) is 151. The summed E-state index contributed by atoms with van der Waals surface area (Å²) < 4.78 is 47.3. The van der Waals surface area contributed by atoms with Crippen molar-refractivity contribution in [2.45, 2.75) is 175 Å². The van der Waals surface area contributed by atoms with Gasteiger partial charge in [0.25, 0.3) is 7.82 Å². The van der Waals surface area contributed by atoms with Crippen LogP contribution in [0.15, 0.2) is 73.8 Å². The molecular weight excluding hydrogens is 1320 g/mol. The second-order valence-electron chi connectivity index (χ2n) is 26.8. The molecule has 2 aromatic rings. The predicted octanol–water partition coefficient (Wildman–Crippen LogP) is 1.70. The number of phosphoric acid groups is 2. The number of aliphatic imine (C=N–C) groups is 3. The average molecular weight is 1410 g/mol. The first-order valence-electron chi connectivity index (χ1n) is 30.5. The van der Waals surface area contributed by atoms with Crippen molar-refractivity contribution in [2.75, 3.05) is 13.2 Å². The summed E-state index contributed by atoms with van der Waals surface area (Å²) in [7, 11) is -11.2. The van der Waals surface area contributed by atoms with E-state index in [9.17, 15) is 67.6 Å². The Kier molecular flexibility index (Phi) is 23.5. The first-order valence-corrected chi connectivity index (χ1v) is 33.4. The maximum absolute atomic E-state index is 14.4. The number of primary amides is 6. The SMILES string of the molecule is C/C1=C2/[N-][C@H]([C@H](CC(N)=O)[C@@]2(C)CCC(=O)NC[C@@H](C)OP(=O)([O-])O[C@H]2[C@@H](O)[C@@H](n3cnc4cc(O)ccc43)O[C@@H]2COP(=O)([O-])[O-])[C@]2(C)N=C(/C(C)=C3N=C(/C=C4N=C1[C@@H](CCC(N)=O)C\4(C)C)[C@@H](CCC(N)=O)[C@]\3(C)CC(N)=O)[C@@H](CCC(N)=O)[C@]2(C)CC(N)=O.[CH3-].[Co]. The molecule has 1 radical (unpaired) electrons. The first kappa shape index (κ1) is 77.5. The van der Waals surface area contributed by atoms with Gasteiger partial charge >= 0.3 is 0 Å². The molecule has 6 aliphatic rings. The fourth-order valence-electron chi connectivity index (χ4n) is 15.2. The molecule has 8 rings (SSSR count). The Morgan fingerprint density at radius 3 is 1.98 bits per heavy atom. The number of hydrogen-bond donors (Lipinski definition) is 9. The van der Waals surface area contributed by atoms with Crippen LogP contribution in [0.25, 0.3) is 16.4 Å². The fraction of sp³-hybridized carbons (Fsp3) is 0.607. The van der Waals surface area contributed by atoms with Crippen molar-refractivity contribution in [1.29, 1.82) is 0 Å². The number of amides is 7. The first-order chi connectivity index (χ1) is 43.1. The third-order valence-electron chi connectivity index (χ3n) is 20.1. The van der Waals surface area contributed by atoms with E-state index in [1.165, 1.54) is 36.0 Å². The normalized spacial score (nSPS) is 33.0. The van der Waals surface area contributed by atoms with Crippen LogP contribution in [0.4, 0.5) is 0 Å². The summed E-state index contributed by atoms with van der Waals surface area (Å²) in [5.41, 5.74) is 33.5. The molecule has 2 fully saturated rings. The second-order valence-corrected chi connectivity index (χ2v) is 29.3. The van der Waals surface area contributed by atoms with Crippen molar-refractivity contribution in [3.05, 3.63) is 71.6 Å². The smallest absolute Gasteiger partial charge is 0.268 e. The van der Waals surface area contributed by atoms with Gasteiger partial charge in [0.05, 0.1) is 49.1 Å². The molecule has 1 aromatic carbocycles. The zero-order valence-corrected chi connectivity index (χ0v) is 57.5. The van der Waals surface area contributed by atoms with E-state index < -0.39 is 158 Å². The molecule has 7 heterocycles. The molecule has 6 aliphatic heterocycles. The third kappa shape index (κ3) is 15.7. The van der Waals surface area contributed by atoms with Crippen LogP contribution in [0.3, 0.4) is 0 Å². The van der Waals surface area contributed by atoms with Gasteiger partial charge in [-0.2, -0.15) is 5.70 Å². The zero-order valence-electron chi connectivity index (χ0n) is 54.7. The Morgan fingerprint density at radius 1 is 0.800 bits per heavy atom. The number of fused-ring (bicyclic) bond motifs is 7. The Balaban J connectivity index is 0.00000714. The Hall–Kier alpha value is -6.54. The molecule has 7 amide bonds. The standard InChI is InChI=1S/C60H87N13O18P2.CH3.Co/c1-28(90-93(86,87)91-51-39(26-88-92(83,84)85)89-55(50(51)82)73-27-68-37-20-31(74)10-14-38(37)73)25-67-47(81)18-19-57(6)35(21-44(64)78)54-60(9)59(8,24-46(66)80)34(13-17-43(63)77)49(72-60)30(3)53-58(7,23-45(65)79)32(11-15-41(61)75)36(69-53)22-40-56(4,5)33(12-16-42(62)76)48(70-40)29(2)52(57)71-54;;/h10,14,20,22,27-28,32-35,39,50-51,54-55,82H,11-13,15-19,21,23-26H2,1-9H3,(H18,61,62,63,64,65,66,67,69,70,71,72,74,75,76,77,78,79,80,81,83,84,85,86,87);1H3;/q;-1;/p-4/t28-,32-,33-,34-,35+,39-,50-,51-,54-,55+,57-,58+,59+,60+;;/m1../s1. The van der Waals surface area contributed by atoms with E-state index >= 15 is 0 Å². The topological polar surface area (TPSA) is 537 Å². The number of allylic oxidation sites excluding steroid dienone is 6. The zero-order chi connectivity index (χ0) is 69.0. The average Bonchev–Trinajstić information content (AvgIpc) is 1.53. The third-order valence-corrected chi connectivity index (χ3v) is 21.7. The minimum absolute atomic E-state index is 0. The number of benzene rings is 1. The molecule has 0 aliphatic carbocycles. The number of phenols is 1. The second kappa shape index (κ2) is 28.9. The maximum atomic E-state index is 14.4. The number of carbonyl (C=O) groups is 7. The van der Waals surface area contributed by atoms with E-state index in [0.717, 1.165) is 0 Å². The molecule has 0 saturated carbocycles. The summed E-state index contributed by atoms with van der Waals surface area (Å²) in [6.45, 7) is 14.3. The molecule has 34 heteroatoms. The Bertz CT molecular complexity index is 3700. The minimum Gasteiger partial charge on any atom is -0.790 e. The van der Waals surface area contributed by atoms with Gasteiger partial charge in [-0.25, -0.2) is 4.98 Å². The van der Waals surface area contributed by atoms with Crippen LogP contribution in [0.1, 0.15) is 139 Å². The van der Waals surface area contributed by atoms with Crippen molar-refractivity contribution >= 4 is 85.2 Å². The molecule has 2 saturated heterocycles. The van der Waals surface area contributed by atoms with Crippen molar-refractivity contribution in [3.63, 3.8) is 0 Å². The van der Waals surface area contributed by atoms with Crippen LogP contribution in [-0.2, 0) is 77.8 Å². The van der Waals surface area contributed by atoms with Crippen LogP contribution >= 0.6 is 15.6 Å².